The summed E-state index contributed by atoms with van der Waals surface area (Å²) >= 11 is 0. The van der Waals surface area contributed by atoms with Gasteiger partial charge >= 0.3 is 12.1 Å². The lowest BCUT2D eigenvalue weighted by molar-refractivity contribution is -0.138. The first-order valence-corrected chi connectivity index (χ1v) is 4.33. The molecule has 1 heterocycles. The number of halogens is 3. The number of nitrogens with one attached hydrogen (secondary N) is 1. The van der Waals surface area contributed by atoms with Crippen molar-refractivity contribution in [3.8, 4) is 0 Å². The van der Waals surface area contributed by atoms with Gasteiger partial charge in [-0.2, -0.15) is 13.2 Å². The molecule has 0 radical (unpaired) electrons. The first-order valence-electron chi connectivity index (χ1n) is 4.33. The maximum absolute atomic E-state index is 12.5. The zero-order valence-corrected chi connectivity index (χ0v) is 8.22. The van der Waals surface area contributed by atoms with Crippen molar-refractivity contribution in [3.63, 3.8) is 0 Å². The van der Waals surface area contributed by atoms with Gasteiger partial charge in [0.15, 0.2) is 0 Å². The average Bonchev–Trinajstić information content (AvgIpc) is 2.16. The largest absolute Gasteiger partial charge is 0.462 e. The van der Waals surface area contributed by atoms with Crippen LogP contribution >= 0.6 is 0 Å². The SMILES string of the molecule is CCOC(=O)c1c[nH]c(=O)cc1C(F)(F)F. The Morgan fingerprint density at radius 2 is 2.12 bits per heavy atom. The fourth-order valence-electron chi connectivity index (χ4n) is 1.08. The van der Waals surface area contributed by atoms with Gasteiger partial charge in [0, 0.05) is 12.3 Å². The molecule has 0 saturated heterocycles. The number of esters is 1. The summed E-state index contributed by atoms with van der Waals surface area (Å²) in [5, 5.41) is 0. The Morgan fingerprint density at radius 3 is 2.62 bits per heavy atom. The minimum absolute atomic E-state index is 0.0464. The van der Waals surface area contributed by atoms with E-state index >= 15 is 0 Å². The van der Waals surface area contributed by atoms with E-state index in [1.165, 1.54) is 6.92 Å². The Balaban J connectivity index is 3.29. The quantitative estimate of drug-likeness (QED) is 0.791. The Hall–Kier alpha value is -1.79. The van der Waals surface area contributed by atoms with Crippen LogP contribution in [-0.2, 0) is 10.9 Å². The van der Waals surface area contributed by atoms with E-state index in [9.17, 15) is 22.8 Å². The Morgan fingerprint density at radius 1 is 1.50 bits per heavy atom. The van der Waals surface area contributed by atoms with Crippen LogP contribution < -0.4 is 5.56 Å². The molecule has 1 aromatic heterocycles. The van der Waals surface area contributed by atoms with Gasteiger partial charge in [0.25, 0.3) is 0 Å². The van der Waals surface area contributed by atoms with Gasteiger partial charge in [0.2, 0.25) is 5.56 Å². The van der Waals surface area contributed by atoms with Crippen LogP contribution in [0.4, 0.5) is 13.2 Å². The highest BCUT2D eigenvalue weighted by atomic mass is 19.4. The first kappa shape index (κ1) is 12.3. The van der Waals surface area contributed by atoms with E-state index in [1.807, 2.05) is 4.98 Å². The summed E-state index contributed by atoms with van der Waals surface area (Å²) in [4.78, 5) is 23.9. The highest BCUT2D eigenvalue weighted by Crippen LogP contribution is 2.30. The normalized spacial score (nSPS) is 11.2. The summed E-state index contributed by atoms with van der Waals surface area (Å²) < 4.78 is 41.8. The molecule has 1 N–H and O–H groups in total. The molecule has 88 valence electrons. The molecule has 0 unspecified atom stereocenters. The van der Waals surface area contributed by atoms with Crippen molar-refractivity contribution >= 4 is 5.97 Å². The van der Waals surface area contributed by atoms with Gasteiger partial charge in [-0.3, -0.25) is 4.79 Å². The van der Waals surface area contributed by atoms with Gasteiger partial charge in [-0.05, 0) is 6.92 Å². The van der Waals surface area contributed by atoms with E-state index in [4.69, 9.17) is 0 Å². The van der Waals surface area contributed by atoms with Crippen molar-refractivity contribution in [2.45, 2.75) is 13.1 Å². The number of pyridine rings is 1. The number of ether oxygens (including phenoxy) is 1. The Bertz CT molecular complexity index is 450. The van der Waals surface area contributed by atoms with Crippen LogP contribution in [0, 0.1) is 0 Å². The minimum atomic E-state index is -4.77. The summed E-state index contributed by atoms with van der Waals surface area (Å²) in [6.45, 7) is 1.42. The van der Waals surface area contributed by atoms with E-state index < -0.39 is 28.8 Å². The van der Waals surface area contributed by atoms with E-state index in [0.717, 1.165) is 0 Å². The molecule has 0 aliphatic carbocycles. The molecule has 16 heavy (non-hydrogen) atoms. The third-order valence-electron chi connectivity index (χ3n) is 1.73. The maximum atomic E-state index is 12.5. The number of aromatic nitrogens is 1. The lowest BCUT2D eigenvalue weighted by atomic mass is 10.1. The Kier molecular flexibility index (Phi) is 3.36. The average molecular weight is 235 g/mol. The highest BCUT2D eigenvalue weighted by molar-refractivity contribution is 5.90. The molecule has 7 heteroatoms. The molecule has 0 aliphatic heterocycles. The van der Waals surface area contributed by atoms with E-state index in [2.05, 4.69) is 4.74 Å². The van der Waals surface area contributed by atoms with Gasteiger partial charge in [0.1, 0.15) is 0 Å². The van der Waals surface area contributed by atoms with Crippen molar-refractivity contribution in [2.75, 3.05) is 6.61 Å². The van der Waals surface area contributed by atoms with Crippen molar-refractivity contribution in [1.29, 1.82) is 0 Å². The van der Waals surface area contributed by atoms with Gasteiger partial charge in [0.05, 0.1) is 17.7 Å². The summed E-state index contributed by atoms with van der Waals surface area (Å²) in [5.41, 5.74) is -2.93. The summed E-state index contributed by atoms with van der Waals surface area (Å²) in [6.07, 6.45) is -4.07. The van der Waals surface area contributed by atoms with Crippen LogP contribution in [-0.4, -0.2) is 17.6 Å². The van der Waals surface area contributed by atoms with Gasteiger partial charge in [-0.15, -0.1) is 0 Å². The third-order valence-corrected chi connectivity index (χ3v) is 1.73. The molecule has 0 amide bonds. The number of alkyl halides is 3. The van der Waals surface area contributed by atoms with E-state index in [0.29, 0.717) is 12.3 Å². The van der Waals surface area contributed by atoms with E-state index in [1.54, 1.807) is 0 Å². The monoisotopic (exact) mass is 235 g/mol. The molecule has 0 aliphatic rings. The lowest BCUT2D eigenvalue weighted by Crippen LogP contribution is -2.20. The molecule has 0 bridgehead atoms. The standard InChI is InChI=1S/C9H8F3NO3/c1-2-16-8(15)5-4-13-7(14)3-6(5)9(10,11)12/h3-4H,2H2,1H3,(H,13,14). The fourth-order valence-corrected chi connectivity index (χ4v) is 1.08. The van der Waals surface area contributed by atoms with Gasteiger partial charge in [-0.25, -0.2) is 4.79 Å². The van der Waals surface area contributed by atoms with Crippen LogP contribution in [0.25, 0.3) is 0 Å². The number of carbonyl (C=O) groups is 1. The van der Waals surface area contributed by atoms with Crippen LogP contribution in [0.2, 0.25) is 0 Å². The molecule has 0 saturated carbocycles. The lowest BCUT2D eigenvalue weighted by Gasteiger charge is -2.10. The molecule has 0 aromatic carbocycles. The molecule has 0 atom stereocenters. The minimum Gasteiger partial charge on any atom is -0.462 e. The van der Waals surface area contributed by atoms with Crippen molar-refractivity contribution in [1.82, 2.24) is 4.98 Å². The number of hydrogen-bond donors (Lipinski definition) is 1. The molecule has 4 nitrogen and oxygen atoms in total. The number of rotatable bonds is 2. The van der Waals surface area contributed by atoms with Crippen molar-refractivity contribution < 1.29 is 22.7 Å². The van der Waals surface area contributed by atoms with Crippen LogP contribution in [0.1, 0.15) is 22.8 Å². The second-order valence-corrected chi connectivity index (χ2v) is 2.84. The highest BCUT2D eigenvalue weighted by Gasteiger charge is 2.36. The molecule has 1 aromatic rings. The second-order valence-electron chi connectivity index (χ2n) is 2.84. The molecular formula is C9H8F3NO3. The van der Waals surface area contributed by atoms with Gasteiger partial charge in [-0.1, -0.05) is 0 Å². The zero-order chi connectivity index (χ0) is 12.3. The molecule has 1 rings (SSSR count). The van der Waals surface area contributed by atoms with Gasteiger partial charge < -0.3 is 9.72 Å². The van der Waals surface area contributed by atoms with E-state index in [-0.39, 0.29) is 6.61 Å². The third kappa shape index (κ3) is 2.62. The van der Waals surface area contributed by atoms with Crippen LogP contribution in [0.15, 0.2) is 17.1 Å². The Labute approximate surface area is 88.0 Å². The fraction of sp³-hybridized carbons (Fsp3) is 0.333. The van der Waals surface area contributed by atoms with Crippen LogP contribution in [0.5, 0.6) is 0 Å². The second kappa shape index (κ2) is 4.38. The molecule has 0 spiro atoms. The molecule has 0 fully saturated rings. The number of H-pyrrole nitrogens is 1. The number of hydrogen-bond acceptors (Lipinski definition) is 3. The summed E-state index contributed by atoms with van der Waals surface area (Å²) in [7, 11) is 0. The topological polar surface area (TPSA) is 59.2 Å². The van der Waals surface area contributed by atoms with Crippen molar-refractivity contribution in [3.05, 3.63) is 33.7 Å². The summed E-state index contributed by atoms with van der Waals surface area (Å²) in [5.74, 6) is -1.12. The predicted molar refractivity (Wildman–Crippen MR) is 48.0 cm³/mol. The summed E-state index contributed by atoms with van der Waals surface area (Å²) in [6, 6.07) is 0.326. The maximum Gasteiger partial charge on any atom is 0.417 e. The smallest absolute Gasteiger partial charge is 0.417 e. The predicted octanol–water partition coefficient (Wildman–Crippen LogP) is 1.57. The number of carbonyl (C=O) groups excluding carboxylic acids is 1. The van der Waals surface area contributed by atoms with Crippen molar-refractivity contribution in [2.24, 2.45) is 0 Å². The zero-order valence-electron chi connectivity index (χ0n) is 8.22. The first-order chi connectivity index (χ1) is 7.36. The number of aromatic amines is 1. The van der Waals surface area contributed by atoms with Crippen LogP contribution in [0.3, 0.4) is 0 Å². The molecular weight excluding hydrogens is 227 g/mol.